The molecule has 0 amide bonds. The maximum Gasteiger partial charge on any atom is 0.161 e. The van der Waals surface area contributed by atoms with E-state index >= 15 is 0 Å². The minimum absolute atomic E-state index is 0.826. The summed E-state index contributed by atoms with van der Waals surface area (Å²) in [5.41, 5.74) is 4.80. The SMILES string of the molecule is c1cncc(CN2CCc3nc(-c4ccncc4)nc(N4CCCCC4)c3C2)c1. The van der Waals surface area contributed by atoms with Crippen LogP contribution in [0.25, 0.3) is 11.4 Å². The number of hydrogen-bond acceptors (Lipinski definition) is 6. The molecule has 6 nitrogen and oxygen atoms in total. The van der Waals surface area contributed by atoms with Crippen molar-refractivity contribution in [2.24, 2.45) is 0 Å². The van der Waals surface area contributed by atoms with Crippen molar-refractivity contribution in [2.45, 2.75) is 38.8 Å². The number of fused-ring (bicyclic) bond motifs is 1. The van der Waals surface area contributed by atoms with Gasteiger partial charge in [-0.2, -0.15) is 0 Å². The van der Waals surface area contributed by atoms with Crippen LogP contribution in [0.3, 0.4) is 0 Å². The van der Waals surface area contributed by atoms with Crippen molar-refractivity contribution >= 4 is 5.82 Å². The molecule has 0 spiro atoms. The van der Waals surface area contributed by atoms with Gasteiger partial charge in [0.05, 0.1) is 5.69 Å². The third-order valence-electron chi connectivity index (χ3n) is 5.84. The zero-order valence-electron chi connectivity index (χ0n) is 16.7. The number of rotatable bonds is 4. The Hall–Kier alpha value is -2.86. The minimum atomic E-state index is 0.826. The Balaban J connectivity index is 1.49. The van der Waals surface area contributed by atoms with E-state index in [2.05, 4.69) is 25.8 Å². The fourth-order valence-corrected chi connectivity index (χ4v) is 4.33. The molecule has 0 radical (unpaired) electrons. The van der Waals surface area contributed by atoms with E-state index in [9.17, 15) is 0 Å². The molecule has 6 heteroatoms. The number of pyridine rings is 2. The van der Waals surface area contributed by atoms with E-state index in [1.54, 1.807) is 0 Å². The molecule has 2 aliphatic rings. The molecule has 29 heavy (non-hydrogen) atoms. The molecule has 0 saturated carbocycles. The Labute approximate surface area is 171 Å². The topological polar surface area (TPSA) is 58.0 Å². The van der Waals surface area contributed by atoms with E-state index in [0.717, 1.165) is 56.4 Å². The quantitative estimate of drug-likeness (QED) is 0.684. The van der Waals surface area contributed by atoms with Crippen molar-refractivity contribution in [3.8, 4) is 11.4 Å². The molecule has 2 aliphatic heterocycles. The normalized spacial score (nSPS) is 17.2. The lowest BCUT2D eigenvalue weighted by Crippen LogP contribution is -2.36. The second-order valence-electron chi connectivity index (χ2n) is 7.90. The first kappa shape index (κ1) is 18.2. The summed E-state index contributed by atoms with van der Waals surface area (Å²) in [5, 5.41) is 0. The van der Waals surface area contributed by atoms with Crippen molar-refractivity contribution in [3.05, 3.63) is 65.9 Å². The molecule has 5 rings (SSSR count). The molecule has 0 N–H and O–H groups in total. The first-order valence-corrected chi connectivity index (χ1v) is 10.5. The summed E-state index contributed by atoms with van der Waals surface area (Å²) in [6.45, 7) is 4.99. The summed E-state index contributed by atoms with van der Waals surface area (Å²) in [5.74, 6) is 1.96. The van der Waals surface area contributed by atoms with Crippen LogP contribution in [-0.4, -0.2) is 44.5 Å². The number of hydrogen-bond donors (Lipinski definition) is 0. The summed E-state index contributed by atoms with van der Waals surface area (Å²) in [7, 11) is 0. The van der Waals surface area contributed by atoms with Gasteiger partial charge in [0.1, 0.15) is 5.82 Å². The van der Waals surface area contributed by atoms with Crippen LogP contribution >= 0.6 is 0 Å². The molecule has 0 aromatic carbocycles. The van der Waals surface area contributed by atoms with Crippen LogP contribution in [-0.2, 0) is 19.5 Å². The number of aromatic nitrogens is 4. The standard InChI is InChI=1S/C23H26N6/c1-2-12-29(13-3-1)23-20-17-28(16-18-5-4-9-25-15-18)14-8-21(20)26-22(27-23)19-6-10-24-11-7-19/h4-7,9-11,15H,1-3,8,12-14,16-17H2. The molecular weight excluding hydrogens is 360 g/mol. The van der Waals surface area contributed by atoms with E-state index in [-0.39, 0.29) is 0 Å². The first-order valence-electron chi connectivity index (χ1n) is 10.5. The van der Waals surface area contributed by atoms with Gasteiger partial charge in [0.25, 0.3) is 0 Å². The van der Waals surface area contributed by atoms with Crippen LogP contribution < -0.4 is 4.90 Å². The Morgan fingerprint density at radius 2 is 1.72 bits per heavy atom. The summed E-state index contributed by atoms with van der Waals surface area (Å²) in [6.07, 6.45) is 12.2. The Morgan fingerprint density at radius 3 is 2.52 bits per heavy atom. The molecule has 0 aliphatic carbocycles. The average molecular weight is 387 g/mol. The number of anilines is 1. The van der Waals surface area contributed by atoms with Crippen LogP contribution in [0.4, 0.5) is 5.82 Å². The third kappa shape index (κ3) is 3.98. The number of nitrogens with zero attached hydrogens (tertiary/aromatic N) is 6. The van der Waals surface area contributed by atoms with Crippen LogP contribution in [0.15, 0.2) is 49.1 Å². The summed E-state index contributed by atoms with van der Waals surface area (Å²) in [4.78, 5) is 23.4. The van der Waals surface area contributed by atoms with Gasteiger partial charge in [0, 0.05) is 75.1 Å². The van der Waals surface area contributed by atoms with Crippen LogP contribution in [0, 0.1) is 0 Å². The van der Waals surface area contributed by atoms with Crippen molar-refractivity contribution in [1.82, 2.24) is 24.8 Å². The summed E-state index contributed by atoms with van der Waals surface area (Å²) < 4.78 is 0. The van der Waals surface area contributed by atoms with E-state index < -0.39 is 0 Å². The predicted molar refractivity (Wildman–Crippen MR) is 113 cm³/mol. The molecule has 0 unspecified atom stereocenters. The van der Waals surface area contributed by atoms with E-state index in [1.165, 1.54) is 36.1 Å². The van der Waals surface area contributed by atoms with Crippen LogP contribution in [0.1, 0.15) is 36.1 Å². The maximum atomic E-state index is 5.07. The maximum absolute atomic E-state index is 5.07. The van der Waals surface area contributed by atoms with Crippen molar-refractivity contribution in [3.63, 3.8) is 0 Å². The van der Waals surface area contributed by atoms with Crippen molar-refractivity contribution < 1.29 is 0 Å². The molecule has 0 atom stereocenters. The monoisotopic (exact) mass is 386 g/mol. The van der Waals surface area contributed by atoms with Crippen LogP contribution in [0.5, 0.6) is 0 Å². The Morgan fingerprint density at radius 1 is 0.862 bits per heavy atom. The van der Waals surface area contributed by atoms with Gasteiger partial charge in [-0.3, -0.25) is 14.9 Å². The highest BCUT2D eigenvalue weighted by molar-refractivity contribution is 5.60. The number of piperidine rings is 1. The van der Waals surface area contributed by atoms with Gasteiger partial charge in [-0.15, -0.1) is 0 Å². The lowest BCUT2D eigenvalue weighted by Gasteiger charge is -2.34. The fraction of sp³-hybridized carbons (Fsp3) is 0.391. The van der Waals surface area contributed by atoms with Gasteiger partial charge >= 0.3 is 0 Å². The Kier molecular flexibility index (Phi) is 5.17. The molecule has 1 saturated heterocycles. The second-order valence-corrected chi connectivity index (χ2v) is 7.90. The highest BCUT2D eigenvalue weighted by Gasteiger charge is 2.26. The summed E-state index contributed by atoms with van der Waals surface area (Å²) in [6, 6.07) is 8.16. The largest absolute Gasteiger partial charge is 0.356 e. The molecule has 0 bridgehead atoms. The molecule has 3 aromatic heterocycles. The second kappa shape index (κ2) is 8.25. The molecule has 5 heterocycles. The first-order chi connectivity index (χ1) is 14.4. The van der Waals surface area contributed by atoms with Gasteiger partial charge in [-0.25, -0.2) is 9.97 Å². The highest BCUT2D eigenvalue weighted by Crippen LogP contribution is 2.31. The van der Waals surface area contributed by atoms with Gasteiger partial charge in [0.2, 0.25) is 0 Å². The fourth-order valence-electron chi connectivity index (χ4n) is 4.33. The van der Waals surface area contributed by atoms with E-state index in [0.29, 0.717) is 0 Å². The lowest BCUT2D eigenvalue weighted by molar-refractivity contribution is 0.243. The lowest BCUT2D eigenvalue weighted by atomic mass is 10.0. The van der Waals surface area contributed by atoms with Gasteiger partial charge in [-0.05, 0) is 43.0 Å². The highest BCUT2D eigenvalue weighted by atomic mass is 15.2. The van der Waals surface area contributed by atoms with Gasteiger partial charge in [-0.1, -0.05) is 6.07 Å². The van der Waals surface area contributed by atoms with Crippen LogP contribution in [0.2, 0.25) is 0 Å². The van der Waals surface area contributed by atoms with Gasteiger partial charge in [0.15, 0.2) is 5.82 Å². The molecule has 3 aromatic rings. The smallest absolute Gasteiger partial charge is 0.161 e. The average Bonchev–Trinajstić information content (AvgIpc) is 2.80. The predicted octanol–water partition coefficient (Wildman–Crippen LogP) is 3.48. The summed E-state index contributed by atoms with van der Waals surface area (Å²) >= 11 is 0. The third-order valence-corrected chi connectivity index (χ3v) is 5.84. The molecule has 148 valence electrons. The van der Waals surface area contributed by atoms with Crippen molar-refractivity contribution in [1.29, 1.82) is 0 Å². The Bertz CT molecular complexity index is 954. The van der Waals surface area contributed by atoms with Gasteiger partial charge < -0.3 is 4.90 Å². The zero-order chi connectivity index (χ0) is 19.5. The minimum Gasteiger partial charge on any atom is -0.356 e. The molecular formula is C23H26N6. The van der Waals surface area contributed by atoms with E-state index in [4.69, 9.17) is 9.97 Å². The van der Waals surface area contributed by atoms with E-state index in [1.807, 2.05) is 43.0 Å². The zero-order valence-corrected chi connectivity index (χ0v) is 16.7. The van der Waals surface area contributed by atoms with Crippen molar-refractivity contribution in [2.75, 3.05) is 24.5 Å². The molecule has 1 fully saturated rings.